The monoisotopic (exact) mass is 267 g/mol. The minimum Gasteiger partial charge on any atom is -0.379 e. The summed E-state index contributed by atoms with van der Waals surface area (Å²) in [6, 6.07) is 3.64. The predicted molar refractivity (Wildman–Crippen MR) is 74.1 cm³/mol. The van der Waals surface area contributed by atoms with E-state index >= 15 is 0 Å². The van der Waals surface area contributed by atoms with Crippen LogP contribution in [0.1, 0.15) is 26.2 Å². The molecule has 5 nitrogen and oxygen atoms in total. The second kappa shape index (κ2) is 6.04. The quantitative estimate of drug-likeness (QED) is 0.656. The molecule has 1 aliphatic carbocycles. The van der Waals surface area contributed by atoms with Gasteiger partial charge >= 0.3 is 5.82 Å². The number of hydrogen-bond acceptors (Lipinski definition) is 5. The van der Waals surface area contributed by atoms with Gasteiger partial charge in [-0.3, -0.25) is 0 Å². The summed E-state index contributed by atoms with van der Waals surface area (Å²) in [6.45, 7) is 2.19. The van der Waals surface area contributed by atoms with Crippen LogP contribution in [-0.2, 0) is 0 Å². The molecule has 0 aliphatic heterocycles. The van der Waals surface area contributed by atoms with Gasteiger partial charge in [-0.25, -0.2) is 0 Å². The van der Waals surface area contributed by atoms with Crippen molar-refractivity contribution in [2.45, 2.75) is 37.5 Å². The maximum Gasteiger partial charge on any atom is 0.363 e. The third kappa shape index (κ3) is 3.35. The lowest BCUT2D eigenvalue weighted by molar-refractivity contribution is -0.389. The highest BCUT2D eigenvalue weighted by Gasteiger charge is 2.24. The maximum absolute atomic E-state index is 10.5. The predicted octanol–water partition coefficient (Wildman–Crippen LogP) is 3.08. The molecule has 1 aromatic heterocycles. The molecule has 1 aromatic rings. The molecule has 18 heavy (non-hydrogen) atoms. The molecule has 0 amide bonds. The zero-order valence-electron chi connectivity index (χ0n) is 10.3. The Balaban J connectivity index is 1.88. The fraction of sp³-hybridized carbons (Fsp3) is 0.583. The number of rotatable bonds is 5. The summed E-state index contributed by atoms with van der Waals surface area (Å²) >= 11 is 2.01. The molecule has 2 unspecified atom stereocenters. The van der Waals surface area contributed by atoms with E-state index in [1.54, 1.807) is 12.3 Å². The molecule has 0 spiro atoms. The van der Waals surface area contributed by atoms with Gasteiger partial charge in [0.2, 0.25) is 0 Å². The summed E-state index contributed by atoms with van der Waals surface area (Å²) in [7, 11) is 0. The molecular weight excluding hydrogens is 250 g/mol. The summed E-state index contributed by atoms with van der Waals surface area (Å²) < 4.78 is 0. The van der Waals surface area contributed by atoms with Gasteiger partial charge in [0.25, 0.3) is 0 Å². The van der Waals surface area contributed by atoms with Gasteiger partial charge in [0.15, 0.2) is 6.20 Å². The molecule has 2 atom stereocenters. The van der Waals surface area contributed by atoms with Gasteiger partial charge in [-0.1, -0.05) is 6.92 Å². The summed E-state index contributed by atoms with van der Waals surface area (Å²) in [5.41, 5.74) is 0.868. The average molecular weight is 267 g/mol. The summed E-state index contributed by atoms with van der Waals surface area (Å²) in [6.07, 6.45) is 5.11. The van der Waals surface area contributed by atoms with Crippen LogP contribution in [0, 0.1) is 10.1 Å². The van der Waals surface area contributed by atoms with Gasteiger partial charge in [0, 0.05) is 17.4 Å². The van der Waals surface area contributed by atoms with Crippen molar-refractivity contribution in [2.24, 2.45) is 0 Å². The van der Waals surface area contributed by atoms with Crippen LogP contribution in [-0.4, -0.2) is 27.0 Å². The Morgan fingerprint density at radius 3 is 3.00 bits per heavy atom. The first-order chi connectivity index (χ1) is 8.69. The summed E-state index contributed by atoms with van der Waals surface area (Å²) in [5.74, 6) is 1.06. The van der Waals surface area contributed by atoms with Crippen LogP contribution in [0.4, 0.5) is 11.5 Å². The van der Waals surface area contributed by atoms with Gasteiger partial charge < -0.3 is 15.4 Å². The minimum atomic E-state index is -0.479. The first kappa shape index (κ1) is 13.1. The van der Waals surface area contributed by atoms with Crippen LogP contribution in [0.25, 0.3) is 0 Å². The Labute approximate surface area is 111 Å². The van der Waals surface area contributed by atoms with Crippen molar-refractivity contribution in [3.05, 3.63) is 28.4 Å². The number of hydrogen-bond donors (Lipinski definition) is 1. The Bertz CT molecular complexity index is 410. The zero-order chi connectivity index (χ0) is 13.0. The normalized spacial score (nSPS) is 22.9. The Kier molecular flexibility index (Phi) is 4.41. The van der Waals surface area contributed by atoms with Crippen LogP contribution in [0.3, 0.4) is 0 Å². The van der Waals surface area contributed by atoms with E-state index in [0.29, 0.717) is 6.04 Å². The number of aromatic nitrogens is 1. The highest BCUT2D eigenvalue weighted by molar-refractivity contribution is 7.99. The molecule has 98 valence electrons. The van der Waals surface area contributed by atoms with Crippen molar-refractivity contribution in [3.63, 3.8) is 0 Å². The molecular formula is C12H17N3O2S. The number of nitrogens with one attached hydrogen (secondary N) is 1. The maximum atomic E-state index is 10.5. The fourth-order valence-corrected chi connectivity index (χ4v) is 3.42. The smallest absolute Gasteiger partial charge is 0.363 e. The molecule has 6 heteroatoms. The Morgan fingerprint density at radius 1 is 1.56 bits per heavy atom. The fourth-order valence-electron chi connectivity index (χ4n) is 2.27. The largest absolute Gasteiger partial charge is 0.379 e. The highest BCUT2D eigenvalue weighted by atomic mass is 32.2. The van der Waals surface area contributed by atoms with Gasteiger partial charge in [-0.2, -0.15) is 11.8 Å². The van der Waals surface area contributed by atoms with Crippen LogP contribution in [0.2, 0.25) is 0 Å². The summed E-state index contributed by atoms with van der Waals surface area (Å²) in [5, 5.41) is 14.6. The van der Waals surface area contributed by atoms with E-state index < -0.39 is 4.92 Å². The topological polar surface area (TPSA) is 68.1 Å². The van der Waals surface area contributed by atoms with Crippen LogP contribution < -0.4 is 5.32 Å². The second-order valence-electron chi connectivity index (χ2n) is 4.39. The lowest BCUT2D eigenvalue weighted by Gasteiger charge is -2.13. The van der Waals surface area contributed by atoms with Crippen LogP contribution >= 0.6 is 11.8 Å². The van der Waals surface area contributed by atoms with Gasteiger partial charge in [-0.15, -0.1) is 0 Å². The van der Waals surface area contributed by atoms with E-state index in [1.165, 1.54) is 12.5 Å². The Morgan fingerprint density at radius 2 is 2.39 bits per heavy atom. The van der Waals surface area contributed by atoms with Crippen molar-refractivity contribution in [1.82, 2.24) is 4.98 Å². The third-order valence-corrected chi connectivity index (χ3v) is 4.33. The average Bonchev–Trinajstić information content (AvgIpc) is 2.78. The number of thioether (sulfide) groups is 1. The number of nitro groups is 1. The van der Waals surface area contributed by atoms with E-state index in [1.807, 2.05) is 11.8 Å². The lowest BCUT2D eigenvalue weighted by Crippen LogP contribution is -2.16. The van der Waals surface area contributed by atoms with E-state index in [-0.39, 0.29) is 5.82 Å². The van der Waals surface area contributed by atoms with E-state index in [0.717, 1.165) is 29.5 Å². The first-order valence-corrected chi connectivity index (χ1v) is 7.22. The molecule has 2 rings (SSSR count). The number of nitrogens with zero attached hydrogens (tertiary/aromatic N) is 2. The minimum absolute atomic E-state index is 0.105. The lowest BCUT2D eigenvalue weighted by atomic mass is 10.2. The molecule has 0 bridgehead atoms. The van der Waals surface area contributed by atoms with Crippen molar-refractivity contribution in [1.29, 1.82) is 0 Å². The van der Waals surface area contributed by atoms with Crippen molar-refractivity contribution in [2.75, 3.05) is 11.1 Å². The van der Waals surface area contributed by atoms with E-state index in [4.69, 9.17) is 0 Å². The second-order valence-corrected chi connectivity index (χ2v) is 5.97. The highest BCUT2D eigenvalue weighted by Crippen LogP contribution is 2.31. The number of anilines is 1. The van der Waals surface area contributed by atoms with Crippen LogP contribution in [0.15, 0.2) is 18.3 Å². The molecule has 0 radical (unpaired) electrons. The van der Waals surface area contributed by atoms with Crippen LogP contribution in [0.5, 0.6) is 0 Å². The standard InChI is InChI=1S/C12H17N3O2S/c1-2-18-11-5-3-9(7-11)14-10-4-6-12(13-8-10)15(16)17/h4,6,8-9,11,14H,2-3,5,7H2,1H3. The first-order valence-electron chi connectivity index (χ1n) is 6.17. The Hall–Kier alpha value is -1.30. The molecule has 1 aliphatic rings. The van der Waals surface area contributed by atoms with Crippen molar-refractivity contribution in [3.8, 4) is 0 Å². The van der Waals surface area contributed by atoms with Crippen molar-refractivity contribution < 1.29 is 4.92 Å². The zero-order valence-corrected chi connectivity index (χ0v) is 11.2. The SMILES string of the molecule is CCSC1CCC(Nc2ccc([N+](=O)[O-])nc2)C1. The molecule has 1 fully saturated rings. The molecule has 0 aromatic carbocycles. The molecule has 1 saturated carbocycles. The molecule has 1 heterocycles. The van der Waals surface area contributed by atoms with Gasteiger partial charge in [-0.05, 0) is 41.0 Å². The van der Waals surface area contributed by atoms with Crippen molar-refractivity contribution >= 4 is 23.3 Å². The third-order valence-electron chi connectivity index (χ3n) is 3.09. The summed E-state index contributed by atoms with van der Waals surface area (Å²) in [4.78, 5) is 13.8. The molecule has 0 saturated heterocycles. The number of pyridine rings is 1. The van der Waals surface area contributed by atoms with Gasteiger partial charge in [0.1, 0.15) is 0 Å². The van der Waals surface area contributed by atoms with E-state index in [9.17, 15) is 10.1 Å². The van der Waals surface area contributed by atoms with Gasteiger partial charge in [0.05, 0.1) is 5.69 Å². The van der Waals surface area contributed by atoms with E-state index in [2.05, 4.69) is 17.2 Å². The molecule has 1 N–H and O–H groups in total.